The fourth-order valence-corrected chi connectivity index (χ4v) is 3.13. The average molecular weight is 314 g/mol. The Kier molecular flexibility index (Phi) is 3.95. The quantitative estimate of drug-likeness (QED) is 0.874. The molecule has 2 atom stereocenters. The maximum Gasteiger partial charge on any atom is 0.243 e. The van der Waals surface area contributed by atoms with Gasteiger partial charge in [-0.3, -0.25) is 0 Å². The maximum atomic E-state index is 5.39. The molecular formula is C16H22N6O. The lowest BCUT2D eigenvalue weighted by atomic mass is 10.2. The van der Waals surface area contributed by atoms with E-state index in [1.165, 1.54) is 19.3 Å². The molecule has 1 aliphatic carbocycles. The minimum atomic E-state index is 0.0688. The summed E-state index contributed by atoms with van der Waals surface area (Å²) in [5, 5.41) is 15.8. The first-order chi connectivity index (χ1) is 11.3. The van der Waals surface area contributed by atoms with Crippen LogP contribution in [0.5, 0.6) is 0 Å². The van der Waals surface area contributed by atoms with Crippen LogP contribution in [-0.2, 0) is 0 Å². The third kappa shape index (κ3) is 3.19. The van der Waals surface area contributed by atoms with E-state index in [4.69, 9.17) is 4.52 Å². The summed E-state index contributed by atoms with van der Waals surface area (Å²) in [5.41, 5.74) is 0. The third-order valence-corrected chi connectivity index (χ3v) is 4.66. The Hall–Kier alpha value is -2.02. The molecular weight excluding hydrogens is 292 g/mol. The smallest absolute Gasteiger partial charge is 0.243 e. The molecule has 122 valence electrons. The zero-order valence-corrected chi connectivity index (χ0v) is 13.4. The highest BCUT2D eigenvalue weighted by atomic mass is 16.5. The maximum absolute atomic E-state index is 5.39. The third-order valence-electron chi connectivity index (χ3n) is 4.66. The van der Waals surface area contributed by atoms with E-state index in [0.717, 1.165) is 31.2 Å². The first-order valence-electron chi connectivity index (χ1n) is 8.42. The summed E-state index contributed by atoms with van der Waals surface area (Å²) in [6, 6.07) is 4.46. The van der Waals surface area contributed by atoms with Gasteiger partial charge in [-0.2, -0.15) is 10.1 Å². The Balaban J connectivity index is 1.35. The highest BCUT2D eigenvalue weighted by Gasteiger charge is 2.30. The second-order valence-corrected chi connectivity index (χ2v) is 6.47. The first kappa shape index (κ1) is 14.6. The molecule has 1 aliphatic heterocycles. The van der Waals surface area contributed by atoms with Crippen molar-refractivity contribution in [3.05, 3.63) is 30.0 Å². The van der Waals surface area contributed by atoms with E-state index < -0.39 is 0 Å². The molecule has 23 heavy (non-hydrogen) atoms. The summed E-state index contributed by atoms with van der Waals surface area (Å²) in [4.78, 5) is 6.85. The van der Waals surface area contributed by atoms with Crippen LogP contribution in [0.4, 0.5) is 5.82 Å². The lowest BCUT2D eigenvalue weighted by Crippen LogP contribution is -2.39. The number of aromatic nitrogens is 4. The second-order valence-electron chi connectivity index (χ2n) is 6.47. The van der Waals surface area contributed by atoms with Gasteiger partial charge in [-0.1, -0.05) is 5.16 Å². The summed E-state index contributed by atoms with van der Waals surface area (Å²) in [7, 11) is 0. The van der Waals surface area contributed by atoms with Gasteiger partial charge in [-0.05, 0) is 44.7 Å². The molecule has 3 heterocycles. The Labute approximate surface area is 135 Å². The van der Waals surface area contributed by atoms with Crippen LogP contribution in [0.1, 0.15) is 56.3 Å². The molecule has 0 aromatic carbocycles. The van der Waals surface area contributed by atoms with Crippen molar-refractivity contribution in [1.82, 2.24) is 25.7 Å². The van der Waals surface area contributed by atoms with Crippen LogP contribution in [0.15, 0.2) is 22.9 Å². The number of hydrogen-bond donors (Lipinski definition) is 1. The fourth-order valence-electron chi connectivity index (χ4n) is 3.13. The average Bonchev–Trinajstić information content (AvgIpc) is 3.14. The molecule has 1 saturated carbocycles. The van der Waals surface area contributed by atoms with E-state index in [2.05, 4.69) is 37.5 Å². The standard InChI is InChI=1S/C16H22N6O/c1-11(16-19-15(21-23-16)12-6-7-12)17-10-13-4-3-9-22(13)14-5-2-8-18-20-14/h2,5,8,11-13,17H,3-4,6-7,9-10H2,1H3. The van der Waals surface area contributed by atoms with Crippen molar-refractivity contribution in [2.45, 2.75) is 50.6 Å². The Morgan fingerprint density at radius 3 is 3.09 bits per heavy atom. The monoisotopic (exact) mass is 314 g/mol. The lowest BCUT2D eigenvalue weighted by Gasteiger charge is -2.26. The molecule has 0 spiro atoms. The van der Waals surface area contributed by atoms with Gasteiger partial charge >= 0.3 is 0 Å². The molecule has 7 heteroatoms. The van der Waals surface area contributed by atoms with Crippen molar-refractivity contribution in [2.24, 2.45) is 0 Å². The van der Waals surface area contributed by atoms with Gasteiger partial charge in [0.25, 0.3) is 0 Å². The first-order valence-corrected chi connectivity index (χ1v) is 8.42. The number of nitrogens with zero attached hydrogens (tertiary/aromatic N) is 5. The predicted molar refractivity (Wildman–Crippen MR) is 85.1 cm³/mol. The molecule has 2 aromatic heterocycles. The summed E-state index contributed by atoms with van der Waals surface area (Å²) in [6.07, 6.45) is 6.44. The lowest BCUT2D eigenvalue weighted by molar-refractivity contribution is 0.333. The number of nitrogens with one attached hydrogen (secondary N) is 1. The molecule has 2 fully saturated rings. The van der Waals surface area contributed by atoms with Crippen LogP contribution in [0, 0.1) is 0 Å². The van der Waals surface area contributed by atoms with Crippen molar-refractivity contribution in [1.29, 1.82) is 0 Å². The van der Waals surface area contributed by atoms with Crippen molar-refractivity contribution in [2.75, 3.05) is 18.0 Å². The van der Waals surface area contributed by atoms with Crippen molar-refractivity contribution in [3.63, 3.8) is 0 Å². The number of rotatable bonds is 6. The van der Waals surface area contributed by atoms with Crippen LogP contribution >= 0.6 is 0 Å². The molecule has 2 aliphatic rings. The zero-order valence-electron chi connectivity index (χ0n) is 13.4. The van der Waals surface area contributed by atoms with E-state index in [1.807, 2.05) is 12.1 Å². The minimum Gasteiger partial charge on any atom is -0.351 e. The van der Waals surface area contributed by atoms with Crippen LogP contribution < -0.4 is 10.2 Å². The highest BCUT2D eigenvalue weighted by molar-refractivity contribution is 5.39. The van der Waals surface area contributed by atoms with Crippen LogP contribution in [-0.4, -0.2) is 39.5 Å². The normalized spacial score (nSPS) is 22.5. The van der Waals surface area contributed by atoms with Gasteiger partial charge in [0, 0.05) is 31.2 Å². The van der Waals surface area contributed by atoms with Gasteiger partial charge in [-0.15, -0.1) is 5.10 Å². The molecule has 4 rings (SSSR count). The van der Waals surface area contributed by atoms with Crippen LogP contribution in [0.25, 0.3) is 0 Å². The van der Waals surface area contributed by atoms with Gasteiger partial charge in [0.1, 0.15) is 0 Å². The number of anilines is 1. The molecule has 7 nitrogen and oxygen atoms in total. The van der Waals surface area contributed by atoms with Gasteiger partial charge in [0.05, 0.1) is 6.04 Å². The van der Waals surface area contributed by atoms with Crippen molar-refractivity contribution in [3.8, 4) is 0 Å². The van der Waals surface area contributed by atoms with Gasteiger partial charge < -0.3 is 14.7 Å². The summed E-state index contributed by atoms with van der Waals surface area (Å²) in [6.45, 7) is 3.98. The Morgan fingerprint density at radius 1 is 1.39 bits per heavy atom. The summed E-state index contributed by atoms with van der Waals surface area (Å²) >= 11 is 0. The molecule has 0 bridgehead atoms. The molecule has 2 aromatic rings. The Bertz CT molecular complexity index is 641. The van der Waals surface area contributed by atoms with E-state index >= 15 is 0 Å². The molecule has 1 saturated heterocycles. The topological polar surface area (TPSA) is 80.0 Å². The van der Waals surface area contributed by atoms with Gasteiger partial charge in [0.15, 0.2) is 11.6 Å². The van der Waals surface area contributed by atoms with E-state index in [1.54, 1.807) is 6.20 Å². The fraction of sp³-hybridized carbons (Fsp3) is 0.625. The predicted octanol–water partition coefficient (Wildman–Crippen LogP) is 2.06. The Morgan fingerprint density at radius 2 is 2.30 bits per heavy atom. The minimum absolute atomic E-state index is 0.0688. The van der Waals surface area contributed by atoms with Crippen LogP contribution in [0.3, 0.4) is 0 Å². The largest absolute Gasteiger partial charge is 0.351 e. The summed E-state index contributed by atoms with van der Waals surface area (Å²) in [5.74, 6) is 3.05. The van der Waals surface area contributed by atoms with E-state index in [-0.39, 0.29) is 6.04 Å². The zero-order chi connectivity index (χ0) is 15.6. The van der Waals surface area contributed by atoms with Gasteiger partial charge in [-0.25, -0.2) is 0 Å². The van der Waals surface area contributed by atoms with Crippen molar-refractivity contribution < 1.29 is 4.52 Å². The molecule has 1 N–H and O–H groups in total. The molecule has 0 radical (unpaired) electrons. The van der Waals surface area contributed by atoms with Gasteiger partial charge in [0.2, 0.25) is 5.89 Å². The van der Waals surface area contributed by atoms with Crippen molar-refractivity contribution >= 4 is 5.82 Å². The van der Waals surface area contributed by atoms with Crippen LogP contribution in [0.2, 0.25) is 0 Å². The highest BCUT2D eigenvalue weighted by Crippen LogP contribution is 2.38. The SMILES string of the molecule is CC(NCC1CCCN1c1cccnn1)c1nc(C2CC2)no1. The second kappa shape index (κ2) is 6.23. The molecule has 2 unspecified atom stereocenters. The number of hydrogen-bond acceptors (Lipinski definition) is 7. The van der Waals surface area contributed by atoms with E-state index in [0.29, 0.717) is 17.9 Å². The molecule has 0 amide bonds. The van der Waals surface area contributed by atoms with E-state index in [9.17, 15) is 0 Å². The summed E-state index contributed by atoms with van der Waals surface area (Å²) < 4.78 is 5.39.